The second-order valence-corrected chi connectivity index (χ2v) is 7.17. The van der Waals surface area contributed by atoms with Crippen LogP contribution in [0.4, 0.5) is 5.82 Å². The molecule has 3 rings (SSSR count). The summed E-state index contributed by atoms with van der Waals surface area (Å²) in [6.45, 7) is 8.60. The fourth-order valence-electron chi connectivity index (χ4n) is 2.61. The van der Waals surface area contributed by atoms with Gasteiger partial charge < -0.3 is 14.6 Å². The summed E-state index contributed by atoms with van der Waals surface area (Å²) in [5.41, 5.74) is 1.23. The van der Waals surface area contributed by atoms with Gasteiger partial charge in [0.25, 0.3) is 0 Å². The quantitative estimate of drug-likeness (QED) is 0.871. The van der Waals surface area contributed by atoms with Crippen LogP contribution in [-0.4, -0.2) is 23.3 Å². The summed E-state index contributed by atoms with van der Waals surface area (Å²) < 4.78 is 12.1. The van der Waals surface area contributed by atoms with E-state index >= 15 is 0 Å². The maximum absolute atomic E-state index is 9.50. The average molecular weight is 335 g/mol. The second-order valence-electron chi connectivity index (χ2n) is 7.17. The lowest BCUT2D eigenvalue weighted by molar-refractivity contribution is 0.00578. The number of benzene rings is 1. The first kappa shape index (κ1) is 17.5. The normalized spacial score (nSPS) is 18.0. The van der Waals surface area contributed by atoms with Crippen molar-refractivity contribution in [3.8, 4) is 6.07 Å². The summed E-state index contributed by atoms with van der Waals surface area (Å²) in [4.78, 5) is 4.41. The van der Waals surface area contributed by atoms with E-state index in [1.807, 2.05) is 70.2 Å². The molecule has 25 heavy (non-hydrogen) atoms. The molecule has 0 amide bonds. The fraction of sp³-hybridized carbons (Fsp3) is 0.368. The summed E-state index contributed by atoms with van der Waals surface area (Å²) in [5.74, 6) is 0.653. The van der Waals surface area contributed by atoms with Crippen molar-refractivity contribution in [2.24, 2.45) is 0 Å². The van der Waals surface area contributed by atoms with Crippen molar-refractivity contribution in [2.75, 3.05) is 5.32 Å². The van der Waals surface area contributed by atoms with Crippen LogP contribution >= 0.6 is 0 Å². The van der Waals surface area contributed by atoms with Gasteiger partial charge in [-0.15, -0.1) is 0 Å². The smallest absolute Gasteiger partial charge is 0.399 e. The predicted octanol–water partition coefficient (Wildman–Crippen LogP) is 2.86. The molecule has 0 radical (unpaired) electrons. The Morgan fingerprint density at radius 1 is 1.04 bits per heavy atom. The maximum atomic E-state index is 9.50. The van der Waals surface area contributed by atoms with Crippen LogP contribution in [0.2, 0.25) is 0 Å². The number of nitriles is 1. The van der Waals surface area contributed by atoms with Gasteiger partial charge >= 0.3 is 7.12 Å². The van der Waals surface area contributed by atoms with E-state index in [1.165, 1.54) is 0 Å². The number of nitrogens with zero attached hydrogens (tertiary/aromatic N) is 2. The van der Waals surface area contributed by atoms with Gasteiger partial charge in [-0.3, -0.25) is 0 Å². The zero-order valence-corrected chi connectivity index (χ0v) is 15.0. The van der Waals surface area contributed by atoms with Gasteiger partial charge in [-0.1, -0.05) is 36.4 Å². The van der Waals surface area contributed by atoms with Crippen molar-refractivity contribution in [3.63, 3.8) is 0 Å². The maximum Gasteiger partial charge on any atom is 0.497 e. The van der Waals surface area contributed by atoms with Crippen LogP contribution in [0.1, 0.15) is 39.0 Å². The topological polar surface area (TPSA) is 67.2 Å². The van der Waals surface area contributed by atoms with Crippen molar-refractivity contribution in [3.05, 3.63) is 53.7 Å². The highest BCUT2D eigenvalue weighted by atomic mass is 16.7. The van der Waals surface area contributed by atoms with E-state index < -0.39 is 18.3 Å². The molecule has 6 heteroatoms. The lowest BCUT2D eigenvalue weighted by Gasteiger charge is -2.32. The van der Waals surface area contributed by atoms with E-state index in [4.69, 9.17) is 9.31 Å². The molecule has 2 aromatic rings. The van der Waals surface area contributed by atoms with Gasteiger partial charge in [0.2, 0.25) is 0 Å². The Labute approximate surface area is 149 Å². The summed E-state index contributed by atoms with van der Waals surface area (Å²) in [6.07, 6.45) is 0. The Balaban J connectivity index is 1.78. The molecule has 0 atom stereocenters. The molecule has 5 nitrogen and oxygen atoms in total. The third-order valence-corrected chi connectivity index (χ3v) is 4.86. The SMILES string of the molecule is CC1(C)OB(c2ccc(NCc3ccccc3)nc2C#N)OC1(C)C. The van der Waals surface area contributed by atoms with E-state index in [2.05, 4.69) is 16.4 Å². The predicted molar refractivity (Wildman–Crippen MR) is 98.4 cm³/mol. The standard InChI is InChI=1S/C19H22BN3O2/c1-18(2)19(3,4)25-20(24-18)15-10-11-17(23-16(15)12-21)22-13-14-8-6-5-7-9-14/h5-11H,13H2,1-4H3,(H,22,23). The van der Waals surface area contributed by atoms with Crippen LogP contribution in [0.5, 0.6) is 0 Å². The molecule has 1 aromatic carbocycles. The highest BCUT2D eigenvalue weighted by Gasteiger charge is 2.52. The van der Waals surface area contributed by atoms with Crippen LogP contribution in [0.15, 0.2) is 42.5 Å². The molecule has 0 saturated carbocycles. The van der Waals surface area contributed by atoms with Crippen molar-refractivity contribution < 1.29 is 9.31 Å². The summed E-state index contributed by atoms with van der Waals surface area (Å²) >= 11 is 0. The molecule has 0 bridgehead atoms. The summed E-state index contributed by atoms with van der Waals surface area (Å²) in [6, 6.07) is 15.9. The Morgan fingerprint density at radius 2 is 1.68 bits per heavy atom. The van der Waals surface area contributed by atoms with E-state index in [0.29, 0.717) is 23.5 Å². The Kier molecular flexibility index (Phi) is 4.55. The van der Waals surface area contributed by atoms with E-state index in [-0.39, 0.29) is 0 Å². The molecule has 1 aliphatic heterocycles. The number of aromatic nitrogens is 1. The number of anilines is 1. The van der Waals surface area contributed by atoms with Gasteiger partial charge in [0.1, 0.15) is 17.6 Å². The Bertz CT molecular complexity index is 784. The third kappa shape index (κ3) is 3.53. The zero-order valence-electron chi connectivity index (χ0n) is 15.0. The van der Waals surface area contributed by atoms with E-state index in [0.717, 1.165) is 5.56 Å². The molecule has 1 aromatic heterocycles. The minimum Gasteiger partial charge on any atom is -0.399 e. The lowest BCUT2D eigenvalue weighted by Crippen LogP contribution is -2.41. The Hall–Kier alpha value is -2.36. The molecule has 0 spiro atoms. The molecule has 0 unspecified atom stereocenters. The van der Waals surface area contributed by atoms with Crippen LogP contribution in [0.3, 0.4) is 0 Å². The van der Waals surface area contributed by atoms with Crippen LogP contribution in [0, 0.1) is 11.3 Å². The molecule has 128 valence electrons. The van der Waals surface area contributed by atoms with Crippen LogP contribution in [0.25, 0.3) is 0 Å². The van der Waals surface area contributed by atoms with Crippen molar-refractivity contribution in [1.82, 2.24) is 4.98 Å². The molecular formula is C19H22BN3O2. The fourth-order valence-corrected chi connectivity index (χ4v) is 2.61. The Morgan fingerprint density at radius 3 is 2.28 bits per heavy atom. The zero-order chi connectivity index (χ0) is 18.1. The average Bonchev–Trinajstić information content (AvgIpc) is 2.81. The minimum atomic E-state index is -0.588. The van der Waals surface area contributed by atoms with E-state index in [9.17, 15) is 5.26 Å². The van der Waals surface area contributed by atoms with Crippen molar-refractivity contribution >= 4 is 18.4 Å². The first-order valence-corrected chi connectivity index (χ1v) is 8.37. The summed E-state index contributed by atoms with van der Waals surface area (Å²) in [5, 5.41) is 12.7. The van der Waals surface area contributed by atoms with Gasteiger partial charge in [-0.05, 0) is 39.3 Å². The first-order valence-electron chi connectivity index (χ1n) is 8.37. The molecule has 1 saturated heterocycles. The molecule has 1 aliphatic rings. The number of pyridine rings is 1. The monoisotopic (exact) mass is 335 g/mol. The van der Waals surface area contributed by atoms with E-state index in [1.54, 1.807) is 0 Å². The lowest BCUT2D eigenvalue weighted by atomic mass is 9.78. The highest BCUT2D eigenvalue weighted by molar-refractivity contribution is 6.62. The number of nitrogens with one attached hydrogen (secondary N) is 1. The van der Waals surface area contributed by atoms with Gasteiger partial charge in [0.05, 0.1) is 11.2 Å². The number of hydrogen-bond acceptors (Lipinski definition) is 5. The molecule has 1 fully saturated rings. The van der Waals surface area contributed by atoms with Gasteiger partial charge in [0.15, 0.2) is 0 Å². The third-order valence-electron chi connectivity index (χ3n) is 4.86. The van der Waals surface area contributed by atoms with Gasteiger partial charge in [-0.2, -0.15) is 5.26 Å². The first-order chi connectivity index (χ1) is 11.8. The van der Waals surface area contributed by atoms with Crippen LogP contribution in [-0.2, 0) is 15.9 Å². The number of rotatable bonds is 4. The van der Waals surface area contributed by atoms with Crippen LogP contribution < -0.4 is 10.8 Å². The largest absolute Gasteiger partial charge is 0.497 e. The summed E-state index contributed by atoms with van der Waals surface area (Å²) in [7, 11) is -0.588. The molecule has 1 N–H and O–H groups in total. The number of hydrogen-bond donors (Lipinski definition) is 1. The van der Waals surface area contributed by atoms with Crippen molar-refractivity contribution in [2.45, 2.75) is 45.4 Å². The highest BCUT2D eigenvalue weighted by Crippen LogP contribution is 2.36. The van der Waals surface area contributed by atoms with Crippen molar-refractivity contribution in [1.29, 1.82) is 5.26 Å². The molecule has 2 heterocycles. The van der Waals surface area contributed by atoms with Gasteiger partial charge in [0, 0.05) is 12.0 Å². The van der Waals surface area contributed by atoms with Gasteiger partial charge in [-0.25, -0.2) is 4.98 Å². The molecular weight excluding hydrogens is 313 g/mol. The second kappa shape index (κ2) is 6.51. The molecule has 0 aliphatic carbocycles. The minimum absolute atomic E-state index is 0.316.